The Kier molecular flexibility index (Phi) is 5.22. The van der Waals surface area contributed by atoms with Gasteiger partial charge in [-0.25, -0.2) is 0 Å². The van der Waals surface area contributed by atoms with Gasteiger partial charge in [-0.15, -0.1) is 0 Å². The maximum absolute atomic E-state index is 5.41. The van der Waals surface area contributed by atoms with Crippen LogP contribution in [0.25, 0.3) is 0 Å². The molecule has 0 bridgehead atoms. The second-order valence-corrected chi connectivity index (χ2v) is 5.54. The predicted octanol–water partition coefficient (Wildman–Crippen LogP) is 0.629. The van der Waals surface area contributed by atoms with Gasteiger partial charge in [-0.1, -0.05) is 0 Å². The quantitative estimate of drug-likeness (QED) is 0.717. The first-order valence-electron chi connectivity index (χ1n) is 6.83. The van der Waals surface area contributed by atoms with Gasteiger partial charge >= 0.3 is 0 Å². The second kappa shape index (κ2) is 6.69. The monoisotopic (exact) mass is 242 g/mol. The van der Waals surface area contributed by atoms with Gasteiger partial charge in [-0.05, 0) is 38.3 Å². The normalized spacial score (nSPS) is 28.4. The van der Waals surface area contributed by atoms with Crippen LogP contribution in [0.15, 0.2) is 0 Å². The van der Waals surface area contributed by atoms with Gasteiger partial charge in [-0.3, -0.25) is 0 Å². The Hall–Kier alpha value is -0.160. The Bertz CT molecular complexity index is 206. The number of nitrogens with one attached hydrogen (secondary N) is 2. The minimum Gasteiger partial charge on any atom is -0.384 e. The van der Waals surface area contributed by atoms with Crippen LogP contribution in [0.3, 0.4) is 0 Å². The lowest BCUT2D eigenvalue weighted by Crippen LogP contribution is -2.46. The van der Waals surface area contributed by atoms with Crippen molar-refractivity contribution in [3.63, 3.8) is 0 Å². The van der Waals surface area contributed by atoms with E-state index in [4.69, 9.17) is 9.47 Å². The summed E-state index contributed by atoms with van der Waals surface area (Å²) in [5.74, 6) is 0.719. The van der Waals surface area contributed by atoms with Crippen molar-refractivity contribution in [2.45, 2.75) is 19.3 Å². The molecule has 2 aliphatic rings. The largest absolute Gasteiger partial charge is 0.384 e. The summed E-state index contributed by atoms with van der Waals surface area (Å²) in [7, 11) is 1.81. The Morgan fingerprint density at radius 2 is 2.24 bits per heavy atom. The first-order chi connectivity index (χ1) is 8.35. The standard InChI is InChI=1S/C13H26N2O2/c1-16-11-13(3-5-14-6-4-13)10-15-8-12-2-7-17-9-12/h12,14-15H,2-11H2,1H3. The van der Waals surface area contributed by atoms with Crippen LogP contribution in [0.2, 0.25) is 0 Å². The van der Waals surface area contributed by atoms with Gasteiger partial charge in [0, 0.05) is 32.2 Å². The van der Waals surface area contributed by atoms with Crippen molar-refractivity contribution in [2.75, 3.05) is 53.1 Å². The van der Waals surface area contributed by atoms with Crippen molar-refractivity contribution in [3.8, 4) is 0 Å². The third kappa shape index (κ3) is 3.91. The molecule has 17 heavy (non-hydrogen) atoms. The number of methoxy groups -OCH3 is 1. The molecule has 0 radical (unpaired) electrons. The molecule has 0 aromatic carbocycles. The van der Waals surface area contributed by atoms with Crippen LogP contribution in [0.4, 0.5) is 0 Å². The first-order valence-corrected chi connectivity index (χ1v) is 6.83. The molecule has 0 aromatic heterocycles. The van der Waals surface area contributed by atoms with Crippen LogP contribution in [0, 0.1) is 11.3 Å². The highest BCUT2D eigenvalue weighted by atomic mass is 16.5. The van der Waals surface area contributed by atoms with Crippen molar-refractivity contribution in [1.82, 2.24) is 10.6 Å². The number of ether oxygens (including phenoxy) is 2. The summed E-state index contributed by atoms with van der Waals surface area (Å²) in [6.07, 6.45) is 3.65. The molecule has 100 valence electrons. The van der Waals surface area contributed by atoms with E-state index in [1.54, 1.807) is 0 Å². The van der Waals surface area contributed by atoms with E-state index >= 15 is 0 Å². The van der Waals surface area contributed by atoms with Gasteiger partial charge in [-0.2, -0.15) is 0 Å². The summed E-state index contributed by atoms with van der Waals surface area (Å²) < 4.78 is 10.8. The van der Waals surface area contributed by atoms with Gasteiger partial charge in [0.2, 0.25) is 0 Å². The molecule has 0 amide bonds. The lowest BCUT2D eigenvalue weighted by atomic mass is 9.79. The summed E-state index contributed by atoms with van der Waals surface area (Å²) in [4.78, 5) is 0. The topological polar surface area (TPSA) is 42.5 Å². The zero-order valence-electron chi connectivity index (χ0n) is 11.0. The average molecular weight is 242 g/mol. The molecular weight excluding hydrogens is 216 g/mol. The molecular formula is C13H26N2O2. The van der Waals surface area contributed by atoms with Crippen LogP contribution < -0.4 is 10.6 Å². The second-order valence-electron chi connectivity index (χ2n) is 5.54. The van der Waals surface area contributed by atoms with Gasteiger partial charge in [0.1, 0.15) is 0 Å². The van der Waals surface area contributed by atoms with Crippen molar-refractivity contribution in [1.29, 1.82) is 0 Å². The lowest BCUT2D eigenvalue weighted by Gasteiger charge is -2.37. The van der Waals surface area contributed by atoms with Crippen LogP contribution >= 0.6 is 0 Å². The van der Waals surface area contributed by atoms with Crippen molar-refractivity contribution < 1.29 is 9.47 Å². The fourth-order valence-corrected chi connectivity index (χ4v) is 2.92. The molecule has 1 atom stereocenters. The van der Waals surface area contributed by atoms with Gasteiger partial charge in [0.05, 0.1) is 13.2 Å². The Labute approximate surface area is 104 Å². The van der Waals surface area contributed by atoms with Gasteiger partial charge in [0.25, 0.3) is 0 Å². The van der Waals surface area contributed by atoms with Crippen molar-refractivity contribution >= 4 is 0 Å². The van der Waals surface area contributed by atoms with E-state index in [2.05, 4.69) is 10.6 Å². The fourth-order valence-electron chi connectivity index (χ4n) is 2.92. The molecule has 4 heteroatoms. The average Bonchev–Trinajstić information content (AvgIpc) is 2.84. The van der Waals surface area contributed by atoms with Crippen LogP contribution in [-0.2, 0) is 9.47 Å². The van der Waals surface area contributed by atoms with E-state index in [0.717, 1.165) is 51.9 Å². The Balaban J connectivity index is 1.72. The third-order valence-electron chi connectivity index (χ3n) is 4.07. The van der Waals surface area contributed by atoms with Crippen molar-refractivity contribution in [2.24, 2.45) is 11.3 Å². The summed E-state index contributed by atoms with van der Waals surface area (Å²) in [5, 5.41) is 7.06. The molecule has 2 N–H and O–H groups in total. The lowest BCUT2D eigenvalue weighted by molar-refractivity contribution is 0.0528. The molecule has 0 spiro atoms. The smallest absolute Gasteiger partial charge is 0.0531 e. The molecule has 1 unspecified atom stereocenters. The highest BCUT2D eigenvalue weighted by Crippen LogP contribution is 2.28. The number of hydrogen-bond donors (Lipinski definition) is 2. The molecule has 4 nitrogen and oxygen atoms in total. The molecule has 2 aliphatic heterocycles. The fraction of sp³-hybridized carbons (Fsp3) is 1.00. The Morgan fingerprint density at radius 3 is 2.88 bits per heavy atom. The maximum atomic E-state index is 5.41. The summed E-state index contributed by atoms with van der Waals surface area (Å²) in [6, 6.07) is 0. The minimum absolute atomic E-state index is 0.347. The van der Waals surface area contributed by atoms with E-state index in [9.17, 15) is 0 Å². The zero-order chi connectivity index (χ0) is 12.0. The molecule has 0 aliphatic carbocycles. The number of hydrogen-bond acceptors (Lipinski definition) is 4. The van der Waals surface area contributed by atoms with Crippen LogP contribution in [0.5, 0.6) is 0 Å². The summed E-state index contributed by atoms with van der Waals surface area (Å²) in [6.45, 7) is 7.18. The van der Waals surface area contributed by atoms with E-state index in [1.165, 1.54) is 19.3 Å². The van der Waals surface area contributed by atoms with E-state index < -0.39 is 0 Å². The van der Waals surface area contributed by atoms with Crippen LogP contribution in [0.1, 0.15) is 19.3 Å². The summed E-state index contributed by atoms with van der Waals surface area (Å²) in [5.41, 5.74) is 0.347. The van der Waals surface area contributed by atoms with E-state index in [0.29, 0.717) is 5.41 Å². The highest BCUT2D eigenvalue weighted by molar-refractivity contribution is 4.87. The number of rotatable bonds is 6. The van der Waals surface area contributed by atoms with Crippen molar-refractivity contribution in [3.05, 3.63) is 0 Å². The van der Waals surface area contributed by atoms with Gasteiger partial charge in [0.15, 0.2) is 0 Å². The predicted molar refractivity (Wildman–Crippen MR) is 68.2 cm³/mol. The SMILES string of the molecule is COCC1(CNCC2CCOC2)CCNCC1. The first kappa shape index (κ1) is 13.3. The minimum atomic E-state index is 0.347. The molecule has 2 saturated heterocycles. The Morgan fingerprint density at radius 1 is 1.41 bits per heavy atom. The van der Waals surface area contributed by atoms with E-state index in [-0.39, 0.29) is 0 Å². The molecule has 0 aromatic rings. The molecule has 2 rings (SSSR count). The molecule has 2 fully saturated rings. The highest BCUT2D eigenvalue weighted by Gasteiger charge is 2.31. The number of piperidine rings is 1. The van der Waals surface area contributed by atoms with E-state index in [1.807, 2.05) is 7.11 Å². The molecule has 0 saturated carbocycles. The van der Waals surface area contributed by atoms with Gasteiger partial charge < -0.3 is 20.1 Å². The van der Waals surface area contributed by atoms with Crippen LogP contribution in [-0.4, -0.2) is 53.1 Å². The summed E-state index contributed by atoms with van der Waals surface area (Å²) >= 11 is 0. The third-order valence-corrected chi connectivity index (χ3v) is 4.07. The zero-order valence-corrected chi connectivity index (χ0v) is 11.0. The maximum Gasteiger partial charge on any atom is 0.0531 e. The molecule has 2 heterocycles.